The molecule has 0 bridgehead atoms. The number of rotatable bonds is 3. The summed E-state index contributed by atoms with van der Waals surface area (Å²) < 4.78 is 2.71. The number of hydrogen-bond acceptors (Lipinski definition) is 4. The molecule has 4 heteroatoms. The molecule has 4 heterocycles. The predicted octanol–water partition coefficient (Wildman–Crippen LogP) is 12.1. The summed E-state index contributed by atoms with van der Waals surface area (Å²) in [4.78, 5) is 16.2. The third kappa shape index (κ3) is 4.53. The second-order valence-corrected chi connectivity index (χ2v) is 15.1. The lowest BCUT2D eigenvalue weighted by molar-refractivity contribution is 0.709. The second-order valence-electron chi connectivity index (χ2n) is 14.0. The molecule has 7 aromatic rings. The van der Waals surface area contributed by atoms with E-state index in [1.54, 1.807) is 0 Å². The van der Waals surface area contributed by atoms with Gasteiger partial charge in [-0.15, -0.1) is 11.3 Å². The Morgan fingerprint density at radius 2 is 1.45 bits per heavy atom. The topological polar surface area (TPSA) is 37.6 Å². The summed E-state index contributed by atoms with van der Waals surface area (Å²) in [6.45, 7) is 0. The van der Waals surface area contributed by atoms with Crippen LogP contribution in [0.25, 0.3) is 53.1 Å². The Morgan fingerprint density at radius 1 is 0.647 bits per heavy atom. The predicted molar refractivity (Wildman–Crippen MR) is 216 cm³/mol. The summed E-state index contributed by atoms with van der Waals surface area (Å²) in [6, 6.07) is 35.7. The molecule has 0 N–H and O–H groups in total. The van der Waals surface area contributed by atoms with Gasteiger partial charge in [-0.25, -0.2) is 4.98 Å². The molecule has 2 aliphatic heterocycles. The highest BCUT2D eigenvalue weighted by Crippen LogP contribution is 2.46. The van der Waals surface area contributed by atoms with Crippen molar-refractivity contribution in [2.24, 2.45) is 9.98 Å². The van der Waals surface area contributed by atoms with Gasteiger partial charge in [0.05, 0.1) is 28.7 Å². The number of allylic oxidation sites excluding steroid dienone is 6. The molecular formula is C47H33N3S. The van der Waals surface area contributed by atoms with Crippen LogP contribution in [0.5, 0.6) is 0 Å². The number of nitrogens with zero attached hydrogens (tertiary/aromatic N) is 3. The molecule has 2 aliphatic carbocycles. The Kier molecular flexibility index (Phi) is 6.50. The van der Waals surface area contributed by atoms with Crippen LogP contribution in [-0.4, -0.2) is 22.4 Å². The maximum absolute atomic E-state index is 5.51. The number of fused-ring (bicyclic) bond motifs is 11. The molecule has 0 radical (unpaired) electrons. The Bertz CT molecular complexity index is 2820. The molecule has 0 saturated carbocycles. The average molecular weight is 672 g/mol. The van der Waals surface area contributed by atoms with Crippen LogP contribution in [0, 0.1) is 0 Å². The molecular weight excluding hydrogens is 639 g/mol. The van der Waals surface area contributed by atoms with Gasteiger partial charge in [-0.1, -0.05) is 127 Å². The van der Waals surface area contributed by atoms with E-state index in [0.29, 0.717) is 0 Å². The van der Waals surface area contributed by atoms with E-state index in [0.717, 1.165) is 59.2 Å². The molecule has 11 rings (SSSR count). The van der Waals surface area contributed by atoms with Crippen molar-refractivity contribution in [2.45, 2.75) is 37.6 Å². The van der Waals surface area contributed by atoms with Gasteiger partial charge in [-0.2, -0.15) is 0 Å². The standard InChI is InChI=1S/C47H33N3S/c1-2-10-28(11-3-1)39-26-20-29-18-19-30-21-27-41(49-45(30)44(29)48-39)33-22-23-35(32-13-5-4-12-31(32)33)46-38-25-24-36-34-14-7-9-17-42(34)51-47(36)43(38)37-15-6-8-16-40(37)50-46/h1-2,4-10,12-19,21-25,27,37,40H,3,11,20,26H2. The van der Waals surface area contributed by atoms with Gasteiger partial charge in [0.25, 0.3) is 0 Å². The normalized spacial score (nSPS) is 19.2. The molecule has 0 saturated heterocycles. The highest BCUT2D eigenvalue weighted by molar-refractivity contribution is 7.26. The fraction of sp³-hybridized carbons (Fsp3) is 0.128. The van der Waals surface area contributed by atoms with Gasteiger partial charge < -0.3 is 0 Å². The minimum absolute atomic E-state index is 0.0610. The summed E-state index contributed by atoms with van der Waals surface area (Å²) in [6.07, 6.45) is 19.7. The Labute approximate surface area is 300 Å². The molecule has 2 atom stereocenters. The van der Waals surface area contributed by atoms with E-state index in [4.69, 9.17) is 15.0 Å². The zero-order valence-corrected chi connectivity index (χ0v) is 28.8. The third-order valence-electron chi connectivity index (χ3n) is 11.2. The maximum Gasteiger partial charge on any atom is 0.0968 e. The lowest BCUT2D eigenvalue weighted by Crippen LogP contribution is -2.25. The summed E-state index contributed by atoms with van der Waals surface area (Å²) >= 11 is 1.91. The Morgan fingerprint density at radius 3 is 2.35 bits per heavy atom. The van der Waals surface area contributed by atoms with E-state index in [1.165, 1.54) is 64.5 Å². The Balaban J connectivity index is 1.08. The van der Waals surface area contributed by atoms with E-state index in [-0.39, 0.29) is 12.0 Å². The first-order chi connectivity index (χ1) is 25.3. The van der Waals surface area contributed by atoms with Crippen molar-refractivity contribution in [2.75, 3.05) is 0 Å². The third-order valence-corrected chi connectivity index (χ3v) is 12.4. The van der Waals surface area contributed by atoms with Crippen LogP contribution in [0.4, 0.5) is 5.69 Å². The maximum atomic E-state index is 5.51. The van der Waals surface area contributed by atoms with E-state index < -0.39 is 0 Å². The van der Waals surface area contributed by atoms with Crippen LogP contribution >= 0.6 is 11.3 Å². The first-order valence-electron chi connectivity index (χ1n) is 18.0. The lowest BCUT2D eigenvalue weighted by atomic mass is 9.79. The number of aryl methyl sites for hydroxylation is 1. The molecule has 242 valence electrons. The van der Waals surface area contributed by atoms with Crippen molar-refractivity contribution < 1.29 is 0 Å². The smallest absolute Gasteiger partial charge is 0.0968 e. The SMILES string of the molecule is C1=CCCC(C2=Nc3c(ccc4ccc(-c5ccc(C6=NC7C=CC=CC7c7c6ccc6c7sc7ccccc76)c6ccccc56)nc34)CC2)=C1. The van der Waals surface area contributed by atoms with Crippen LogP contribution in [0.15, 0.2) is 155 Å². The molecule has 5 aromatic carbocycles. The molecule has 0 spiro atoms. The molecule has 3 nitrogen and oxygen atoms in total. The van der Waals surface area contributed by atoms with Crippen LogP contribution in [-0.2, 0) is 6.42 Å². The molecule has 2 aromatic heterocycles. The lowest BCUT2D eigenvalue weighted by Gasteiger charge is -2.31. The summed E-state index contributed by atoms with van der Waals surface area (Å²) in [5, 5.41) is 6.18. The van der Waals surface area contributed by atoms with Crippen molar-refractivity contribution in [3.8, 4) is 11.3 Å². The van der Waals surface area contributed by atoms with Gasteiger partial charge in [0.1, 0.15) is 0 Å². The number of benzene rings is 5. The summed E-state index contributed by atoms with van der Waals surface area (Å²) in [7, 11) is 0. The van der Waals surface area contributed by atoms with E-state index >= 15 is 0 Å². The van der Waals surface area contributed by atoms with Gasteiger partial charge in [0.2, 0.25) is 0 Å². The van der Waals surface area contributed by atoms with Crippen LogP contribution < -0.4 is 0 Å². The largest absolute Gasteiger partial charge is 0.276 e. The number of thiophene rings is 1. The molecule has 0 fully saturated rings. The summed E-state index contributed by atoms with van der Waals surface area (Å²) in [5.74, 6) is 0.220. The molecule has 0 amide bonds. The minimum atomic E-state index is 0.0610. The number of hydrogen-bond donors (Lipinski definition) is 0. The van der Waals surface area contributed by atoms with Crippen molar-refractivity contribution in [1.29, 1.82) is 0 Å². The van der Waals surface area contributed by atoms with E-state index in [1.807, 2.05) is 11.3 Å². The van der Waals surface area contributed by atoms with Gasteiger partial charge in [-0.3, -0.25) is 9.98 Å². The minimum Gasteiger partial charge on any atom is -0.276 e. The molecule has 4 aliphatic rings. The Hall–Kier alpha value is -5.71. The van der Waals surface area contributed by atoms with Crippen LogP contribution in [0.1, 0.15) is 47.4 Å². The van der Waals surface area contributed by atoms with Crippen molar-refractivity contribution in [1.82, 2.24) is 4.98 Å². The van der Waals surface area contributed by atoms with Gasteiger partial charge in [0.15, 0.2) is 0 Å². The van der Waals surface area contributed by atoms with Crippen LogP contribution in [0.3, 0.4) is 0 Å². The van der Waals surface area contributed by atoms with Crippen molar-refractivity contribution in [3.63, 3.8) is 0 Å². The van der Waals surface area contributed by atoms with Gasteiger partial charge in [-0.05, 0) is 65.3 Å². The fourth-order valence-corrected chi connectivity index (χ4v) is 10.0. The fourth-order valence-electron chi connectivity index (χ4n) is 8.71. The zero-order chi connectivity index (χ0) is 33.5. The number of aliphatic imine (C=N–C) groups is 2. The van der Waals surface area contributed by atoms with E-state index in [2.05, 4.69) is 140 Å². The monoisotopic (exact) mass is 671 g/mol. The first-order valence-corrected chi connectivity index (χ1v) is 18.9. The quantitative estimate of drug-likeness (QED) is 0.184. The van der Waals surface area contributed by atoms with Crippen molar-refractivity contribution >= 4 is 70.3 Å². The first kappa shape index (κ1) is 29.1. The zero-order valence-electron chi connectivity index (χ0n) is 28.0. The highest BCUT2D eigenvalue weighted by Gasteiger charge is 2.33. The second kappa shape index (κ2) is 11.4. The highest BCUT2D eigenvalue weighted by atomic mass is 32.1. The molecule has 2 unspecified atom stereocenters. The number of aromatic nitrogens is 1. The average Bonchev–Trinajstić information content (AvgIpc) is 3.59. The number of pyridine rings is 1. The van der Waals surface area contributed by atoms with Crippen LogP contribution in [0.2, 0.25) is 0 Å². The van der Waals surface area contributed by atoms with Gasteiger partial charge in [0, 0.05) is 53.9 Å². The van der Waals surface area contributed by atoms with Gasteiger partial charge >= 0.3 is 0 Å². The molecule has 51 heavy (non-hydrogen) atoms. The summed E-state index contributed by atoms with van der Waals surface area (Å²) in [5.41, 5.74) is 12.9. The van der Waals surface area contributed by atoms with Crippen molar-refractivity contribution in [3.05, 3.63) is 167 Å². The van der Waals surface area contributed by atoms with E-state index in [9.17, 15) is 0 Å².